The van der Waals surface area contributed by atoms with E-state index in [-0.39, 0.29) is 16.9 Å². The van der Waals surface area contributed by atoms with Gasteiger partial charge in [0.25, 0.3) is 0 Å². The summed E-state index contributed by atoms with van der Waals surface area (Å²) in [6.45, 7) is 0. The molecule has 0 spiro atoms. The quantitative estimate of drug-likeness (QED) is 0.819. The van der Waals surface area contributed by atoms with E-state index in [4.69, 9.17) is 16.7 Å². The van der Waals surface area contributed by atoms with Gasteiger partial charge >= 0.3 is 5.97 Å². The molecule has 0 saturated heterocycles. The number of carboxylic acids is 1. The Morgan fingerprint density at radius 3 is 2.43 bits per heavy atom. The van der Waals surface area contributed by atoms with Crippen LogP contribution in [0.4, 0.5) is 0 Å². The van der Waals surface area contributed by atoms with Crippen molar-refractivity contribution in [2.75, 3.05) is 0 Å². The van der Waals surface area contributed by atoms with Gasteiger partial charge in [0.2, 0.25) is 10.0 Å². The molecule has 0 heterocycles. The second-order valence-electron chi connectivity index (χ2n) is 5.08. The first-order chi connectivity index (χ1) is 9.79. The average Bonchev–Trinajstić information content (AvgIpc) is 2.42. The summed E-state index contributed by atoms with van der Waals surface area (Å²) in [5.41, 5.74) is 0. The molecule has 0 aliphatic heterocycles. The largest absolute Gasteiger partial charge is 0.481 e. The molecule has 0 bridgehead atoms. The van der Waals surface area contributed by atoms with Gasteiger partial charge < -0.3 is 5.11 Å². The Balaban J connectivity index is 2.05. The number of hydrogen-bond donors (Lipinski definition) is 2. The van der Waals surface area contributed by atoms with Gasteiger partial charge in [0.1, 0.15) is 0 Å². The summed E-state index contributed by atoms with van der Waals surface area (Å²) in [4.78, 5) is 11.0. The van der Waals surface area contributed by atoms with Crippen molar-refractivity contribution in [3.8, 4) is 0 Å². The van der Waals surface area contributed by atoms with Crippen LogP contribution in [0.15, 0.2) is 27.6 Å². The van der Waals surface area contributed by atoms with Crippen molar-refractivity contribution in [2.45, 2.75) is 36.6 Å². The predicted octanol–water partition coefficient (Wildman–Crippen LogP) is 3.02. The molecule has 8 heteroatoms. The van der Waals surface area contributed by atoms with Crippen LogP contribution in [-0.2, 0) is 14.8 Å². The number of carbonyl (C=O) groups is 1. The highest BCUT2D eigenvalue weighted by molar-refractivity contribution is 9.10. The van der Waals surface area contributed by atoms with E-state index in [0.29, 0.717) is 35.2 Å². The zero-order valence-electron chi connectivity index (χ0n) is 11.1. The Morgan fingerprint density at radius 1 is 1.29 bits per heavy atom. The van der Waals surface area contributed by atoms with Crippen LogP contribution >= 0.6 is 27.5 Å². The third kappa shape index (κ3) is 4.18. The van der Waals surface area contributed by atoms with Crippen LogP contribution in [0.1, 0.15) is 25.7 Å². The molecule has 2 rings (SSSR count). The molecule has 1 saturated carbocycles. The third-order valence-corrected chi connectivity index (χ3v) is 6.33. The number of rotatable bonds is 4. The fraction of sp³-hybridized carbons (Fsp3) is 0.462. The van der Waals surface area contributed by atoms with Crippen molar-refractivity contribution >= 4 is 43.5 Å². The van der Waals surface area contributed by atoms with E-state index < -0.39 is 16.0 Å². The molecular formula is C13H15BrClNO4S. The zero-order chi connectivity index (χ0) is 15.6. The minimum absolute atomic E-state index is 0.138. The highest BCUT2D eigenvalue weighted by atomic mass is 79.9. The summed E-state index contributed by atoms with van der Waals surface area (Å²) in [6.07, 6.45) is 2.05. The van der Waals surface area contributed by atoms with Crippen LogP contribution in [0.5, 0.6) is 0 Å². The molecule has 1 aliphatic rings. The van der Waals surface area contributed by atoms with Gasteiger partial charge in [0, 0.05) is 10.5 Å². The first-order valence-corrected chi connectivity index (χ1v) is 9.15. The highest BCUT2D eigenvalue weighted by Gasteiger charge is 2.29. The summed E-state index contributed by atoms with van der Waals surface area (Å²) < 4.78 is 27.7. The van der Waals surface area contributed by atoms with Gasteiger partial charge in [-0.3, -0.25) is 4.79 Å². The van der Waals surface area contributed by atoms with Gasteiger partial charge in [0.15, 0.2) is 0 Å². The lowest BCUT2D eigenvalue weighted by atomic mass is 9.87. The van der Waals surface area contributed by atoms with Crippen molar-refractivity contribution < 1.29 is 18.3 Å². The van der Waals surface area contributed by atoms with Gasteiger partial charge in [-0.15, -0.1) is 0 Å². The summed E-state index contributed by atoms with van der Waals surface area (Å²) >= 11 is 9.05. The van der Waals surface area contributed by atoms with Crippen LogP contribution < -0.4 is 4.72 Å². The second kappa shape index (κ2) is 6.64. The topological polar surface area (TPSA) is 83.5 Å². The van der Waals surface area contributed by atoms with E-state index in [1.165, 1.54) is 18.2 Å². The van der Waals surface area contributed by atoms with Crippen LogP contribution in [0.25, 0.3) is 0 Å². The molecule has 1 aromatic carbocycles. The van der Waals surface area contributed by atoms with Crippen molar-refractivity contribution in [2.24, 2.45) is 5.92 Å². The molecule has 0 unspecified atom stereocenters. The van der Waals surface area contributed by atoms with Crippen molar-refractivity contribution in [1.29, 1.82) is 0 Å². The molecule has 0 radical (unpaired) electrons. The molecule has 1 aromatic rings. The van der Waals surface area contributed by atoms with E-state index in [0.717, 1.165) is 0 Å². The molecular weight excluding hydrogens is 382 g/mol. The highest BCUT2D eigenvalue weighted by Crippen LogP contribution is 2.28. The van der Waals surface area contributed by atoms with E-state index in [1.807, 2.05) is 0 Å². The summed E-state index contributed by atoms with van der Waals surface area (Å²) in [5, 5.41) is 9.38. The van der Waals surface area contributed by atoms with Crippen LogP contribution in [-0.4, -0.2) is 25.5 Å². The molecule has 0 atom stereocenters. The predicted molar refractivity (Wildman–Crippen MR) is 82.9 cm³/mol. The van der Waals surface area contributed by atoms with E-state index in [1.54, 1.807) is 0 Å². The maximum atomic E-state index is 12.3. The number of aliphatic carboxylic acids is 1. The maximum absolute atomic E-state index is 12.3. The Hall–Kier alpha value is -0.630. The van der Waals surface area contributed by atoms with Gasteiger partial charge in [0.05, 0.1) is 15.8 Å². The standard InChI is InChI=1S/C13H15BrClNO4S/c14-11-7-10(5-6-12(11)15)21(19,20)16-9-3-1-8(2-4-9)13(17)18/h5-9,16H,1-4H2,(H,17,18). The second-order valence-corrected chi connectivity index (χ2v) is 8.06. The lowest BCUT2D eigenvalue weighted by Crippen LogP contribution is -2.38. The molecule has 1 aliphatic carbocycles. The number of nitrogens with one attached hydrogen (secondary N) is 1. The first kappa shape index (κ1) is 16.7. The normalized spacial score (nSPS) is 23.0. The van der Waals surface area contributed by atoms with Crippen LogP contribution in [0.2, 0.25) is 5.02 Å². The fourth-order valence-corrected chi connectivity index (χ4v) is 4.37. The van der Waals surface area contributed by atoms with E-state index >= 15 is 0 Å². The fourth-order valence-electron chi connectivity index (χ4n) is 2.39. The Morgan fingerprint density at radius 2 is 1.90 bits per heavy atom. The lowest BCUT2D eigenvalue weighted by molar-refractivity contribution is -0.142. The molecule has 21 heavy (non-hydrogen) atoms. The Bertz CT molecular complexity index is 642. The Labute approximate surface area is 136 Å². The van der Waals surface area contributed by atoms with Crippen molar-refractivity contribution in [1.82, 2.24) is 4.72 Å². The van der Waals surface area contributed by atoms with Gasteiger partial charge in [-0.1, -0.05) is 11.6 Å². The van der Waals surface area contributed by atoms with Gasteiger partial charge in [-0.2, -0.15) is 0 Å². The smallest absolute Gasteiger partial charge is 0.306 e. The molecule has 2 N–H and O–H groups in total. The average molecular weight is 397 g/mol. The zero-order valence-corrected chi connectivity index (χ0v) is 14.2. The maximum Gasteiger partial charge on any atom is 0.306 e. The number of carboxylic acid groups (broad SMARTS) is 1. The van der Waals surface area contributed by atoms with Gasteiger partial charge in [-0.25, -0.2) is 13.1 Å². The van der Waals surface area contributed by atoms with Crippen LogP contribution in [0.3, 0.4) is 0 Å². The van der Waals surface area contributed by atoms with Crippen LogP contribution in [0, 0.1) is 5.92 Å². The summed E-state index contributed by atoms with van der Waals surface area (Å²) in [5.74, 6) is -1.17. The number of halogens is 2. The number of benzene rings is 1. The summed E-state index contributed by atoms with van der Waals surface area (Å²) in [6, 6.07) is 4.19. The third-order valence-electron chi connectivity index (χ3n) is 3.60. The van der Waals surface area contributed by atoms with Gasteiger partial charge in [-0.05, 0) is 59.8 Å². The molecule has 1 fully saturated rings. The monoisotopic (exact) mass is 395 g/mol. The molecule has 5 nitrogen and oxygen atoms in total. The molecule has 0 amide bonds. The summed E-state index contributed by atoms with van der Waals surface area (Å²) in [7, 11) is -3.62. The Kier molecular flexibility index (Phi) is 5.29. The number of sulfonamides is 1. The lowest BCUT2D eigenvalue weighted by Gasteiger charge is -2.26. The van der Waals surface area contributed by atoms with Crippen molar-refractivity contribution in [3.05, 3.63) is 27.7 Å². The number of hydrogen-bond acceptors (Lipinski definition) is 3. The van der Waals surface area contributed by atoms with Crippen molar-refractivity contribution in [3.63, 3.8) is 0 Å². The van der Waals surface area contributed by atoms with E-state index in [9.17, 15) is 13.2 Å². The molecule has 0 aromatic heterocycles. The van der Waals surface area contributed by atoms with E-state index in [2.05, 4.69) is 20.7 Å². The first-order valence-electron chi connectivity index (χ1n) is 6.50. The minimum atomic E-state index is -3.62. The SMILES string of the molecule is O=C(O)C1CCC(NS(=O)(=O)c2ccc(Cl)c(Br)c2)CC1. The molecule has 116 valence electrons. The minimum Gasteiger partial charge on any atom is -0.481 e.